The van der Waals surface area contributed by atoms with E-state index in [0.717, 1.165) is 15.6 Å². The molecule has 1 aliphatic heterocycles. The van der Waals surface area contributed by atoms with Crippen LogP contribution < -0.4 is 10.9 Å². The van der Waals surface area contributed by atoms with E-state index >= 15 is 0 Å². The van der Waals surface area contributed by atoms with Gasteiger partial charge >= 0.3 is 0 Å². The average molecular weight is 336 g/mol. The minimum absolute atomic E-state index is 0.0559. The fourth-order valence-corrected chi connectivity index (χ4v) is 4.44. The third-order valence-electron chi connectivity index (χ3n) is 3.48. The number of thioether (sulfide) groups is 1. The highest BCUT2D eigenvalue weighted by Gasteiger charge is 2.26. The standard InChI is InChI=1S/C14H16N4O2S2/c1-8-11(22-9(2)17-8)6-16-12(19)5-10-7-21-14-15-4-3-13(20)18(10)14/h3-4,10H,5-7H2,1-2H3,(H,16,19). The van der Waals surface area contributed by atoms with Crippen molar-refractivity contribution in [3.63, 3.8) is 0 Å². The first-order valence-electron chi connectivity index (χ1n) is 6.94. The second-order valence-electron chi connectivity index (χ2n) is 5.12. The number of hydrogen-bond acceptors (Lipinski definition) is 6. The van der Waals surface area contributed by atoms with E-state index in [-0.39, 0.29) is 17.5 Å². The van der Waals surface area contributed by atoms with Crippen LogP contribution in [-0.2, 0) is 11.3 Å². The van der Waals surface area contributed by atoms with Crippen LogP contribution in [0.1, 0.15) is 28.0 Å². The largest absolute Gasteiger partial charge is 0.351 e. The summed E-state index contributed by atoms with van der Waals surface area (Å²) in [6, 6.07) is 1.31. The van der Waals surface area contributed by atoms with E-state index in [0.29, 0.717) is 23.9 Å². The smallest absolute Gasteiger partial charge is 0.254 e. The van der Waals surface area contributed by atoms with Gasteiger partial charge < -0.3 is 5.32 Å². The number of nitrogens with one attached hydrogen (secondary N) is 1. The molecule has 0 radical (unpaired) electrons. The minimum atomic E-state index is -0.120. The van der Waals surface area contributed by atoms with Crippen LogP contribution in [0.4, 0.5) is 0 Å². The van der Waals surface area contributed by atoms with Crippen LogP contribution in [0.2, 0.25) is 0 Å². The summed E-state index contributed by atoms with van der Waals surface area (Å²) in [6.45, 7) is 4.39. The van der Waals surface area contributed by atoms with E-state index < -0.39 is 0 Å². The second kappa shape index (κ2) is 6.21. The first kappa shape index (κ1) is 15.2. The molecule has 116 valence electrons. The summed E-state index contributed by atoms with van der Waals surface area (Å²) < 4.78 is 1.62. The summed E-state index contributed by atoms with van der Waals surface area (Å²) >= 11 is 3.11. The van der Waals surface area contributed by atoms with Gasteiger partial charge in [-0.2, -0.15) is 0 Å². The normalized spacial score (nSPS) is 16.5. The third-order valence-corrected chi connectivity index (χ3v) is 5.67. The van der Waals surface area contributed by atoms with Crippen LogP contribution in [0.5, 0.6) is 0 Å². The molecule has 1 unspecified atom stereocenters. The number of aryl methyl sites for hydroxylation is 2. The molecule has 3 rings (SSSR count). The van der Waals surface area contributed by atoms with Crippen LogP contribution in [0, 0.1) is 13.8 Å². The number of carbonyl (C=O) groups excluding carboxylic acids is 1. The number of carbonyl (C=O) groups is 1. The number of fused-ring (bicyclic) bond motifs is 1. The van der Waals surface area contributed by atoms with Crippen molar-refractivity contribution in [1.29, 1.82) is 0 Å². The molecule has 1 amide bonds. The number of amides is 1. The molecule has 1 aliphatic rings. The molecule has 0 bridgehead atoms. The molecule has 0 aliphatic carbocycles. The van der Waals surface area contributed by atoms with Crippen molar-refractivity contribution in [2.24, 2.45) is 0 Å². The highest BCUT2D eigenvalue weighted by atomic mass is 32.2. The number of nitrogens with zero attached hydrogens (tertiary/aromatic N) is 3. The van der Waals surface area contributed by atoms with E-state index in [1.54, 1.807) is 15.9 Å². The SMILES string of the molecule is Cc1nc(C)c(CNC(=O)CC2CSc3nccc(=O)n32)s1. The third kappa shape index (κ3) is 3.07. The Morgan fingerprint density at radius 2 is 2.32 bits per heavy atom. The van der Waals surface area contributed by atoms with E-state index in [9.17, 15) is 9.59 Å². The van der Waals surface area contributed by atoms with Crippen LogP contribution in [-0.4, -0.2) is 26.2 Å². The van der Waals surface area contributed by atoms with Gasteiger partial charge in [0.05, 0.1) is 23.3 Å². The zero-order valence-corrected chi connectivity index (χ0v) is 14.0. The van der Waals surface area contributed by atoms with Gasteiger partial charge in [-0.25, -0.2) is 9.97 Å². The lowest BCUT2D eigenvalue weighted by molar-refractivity contribution is -0.121. The van der Waals surface area contributed by atoms with Gasteiger partial charge in [0, 0.05) is 29.3 Å². The summed E-state index contributed by atoms with van der Waals surface area (Å²) in [5, 5.41) is 4.61. The van der Waals surface area contributed by atoms with Crippen LogP contribution in [0.3, 0.4) is 0 Å². The average Bonchev–Trinajstić information content (AvgIpc) is 3.01. The van der Waals surface area contributed by atoms with E-state index in [1.165, 1.54) is 24.0 Å². The molecule has 22 heavy (non-hydrogen) atoms. The van der Waals surface area contributed by atoms with Crippen LogP contribution >= 0.6 is 23.1 Å². The molecule has 3 heterocycles. The Bertz CT molecular complexity index is 768. The lowest BCUT2D eigenvalue weighted by Gasteiger charge is -2.12. The molecule has 2 aromatic heterocycles. The molecule has 2 aromatic rings. The predicted molar refractivity (Wildman–Crippen MR) is 86.3 cm³/mol. The Hall–Kier alpha value is -1.67. The van der Waals surface area contributed by atoms with Gasteiger partial charge in [0.15, 0.2) is 5.16 Å². The van der Waals surface area contributed by atoms with Crippen molar-refractivity contribution in [3.8, 4) is 0 Å². The summed E-state index contributed by atoms with van der Waals surface area (Å²) in [5.41, 5.74) is 0.867. The number of thiazole rings is 1. The fraction of sp³-hybridized carbons (Fsp3) is 0.429. The molecule has 0 saturated carbocycles. The van der Waals surface area contributed by atoms with Crippen LogP contribution in [0.15, 0.2) is 22.2 Å². The van der Waals surface area contributed by atoms with Crippen molar-refractivity contribution in [2.45, 2.75) is 38.0 Å². The molecule has 0 aromatic carbocycles. The Labute approximate surface area is 136 Å². The van der Waals surface area contributed by atoms with Crippen molar-refractivity contribution in [3.05, 3.63) is 38.2 Å². The van der Waals surface area contributed by atoms with Gasteiger partial charge in [-0.1, -0.05) is 11.8 Å². The summed E-state index contributed by atoms with van der Waals surface area (Å²) in [5.74, 6) is 0.651. The number of hydrogen-bond donors (Lipinski definition) is 1. The quantitative estimate of drug-likeness (QED) is 0.860. The maximum atomic E-state index is 12.1. The van der Waals surface area contributed by atoms with Gasteiger partial charge in [0.25, 0.3) is 5.56 Å². The van der Waals surface area contributed by atoms with Crippen molar-refractivity contribution in [2.75, 3.05) is 5.75 Å². The highest BCUT2D eigenvalue weighted by Crippen LogP contribution is 2.31. The number of aromatic nitrogens is 3. The van der Waals surface area contributed by atoms with Crippen molar-refractivity contribution >= 4 is 29.0 Å². The van der Waals surface area contributed by atoms with Gasteiger partial charge in [-0.15, -0.1) is 11.3 Å². The molecular formula is C14H16N4O2S2. The zero-order valence-electron chi connectivity index (χ0n) is 12.3. The van der Waals surface area contributed by atoms with Gasteiger partial charge in [-0.05, 0) is 13.8 Å². The Morgan fingerprint density at radius 1 is 1.50 bits per heavy atom. The zero-order chi connectivity index (χ0) is 15.7. The molecule has 6 nitrogen and oxygen atoms in total. The van der Waals surface area contributed by atoms with E-state index in [2.05, 4.69) is 15.3 Å². The Morgan fingerprint density at radius 3 is 3.05 bits per heavy atom. The van der Waals surface area contributed by atoms with Crippen LogP contribution in [0.25, 0.3) is 0 Å². The number of rotatable bonds is 4. The van der Waals surface area contributed by atoms with Gasteiger partial charge in [0.1, 0.15) is 0 Å². The van der Waals surface area contributed by atoms with E-state index in [4.69, 9.17) is 0 Å². The van der Waals surface area contributed by atoms with E-state index in [1.807, 2.05) is 13.8 Å². The lowest BCUT2D eigenvalue weighted by atomic mass is 10.2. The Kier molecular flexibility index (Phi) is 4.30. The molecule has 0 fully saturated rings. The second-order valence-corrected chi connectivity index (χ2v) is 7.40. The summed E-state index contributed by atoms with van der Waals surface area (Å²) in [4.78, 5) is 33.6. The maximum Gasteiger partial charge on any atom is 0.254 e. The molecule has 8 heteroatoms. The molecule has 1 atom stereocenters. The topological polar surface area (TPSA) is 76.9 Å². The molecule has 0 saturated heterocycles. The van der Waals surface area contributed by atoms with Crippen molar-refractivity contribution < 1.29 is 4.79 Å². The lowest BCUT2D eigenvalue weighted by Crippen LogP contribution is -2.30. The predicted octanol–water partition coefficient (Wildman–Crippen LogP) is 1.67. The summed E-state index contributed by atoms with van der Waals surface area (Å²) in [6.07, 6.45) is 1.81. The van der Waals surface area contributed by atoms with Gasteiger partial charge in [0.2, 0.25) is 5.91 Å². The highest BCUT2D eigenvalue weighted by molar-refractivity contribution is 7.99. The monoisotopic (exact) mass is 336 g/mol. The first-order chi connectivity index (χ1) is 10.5. The molecule has 0 spiro atoms. The molecule has 1 N–H and O–H groups in total. The van der Waals surface area contributed by atoms with Crippen molar-refractivity contribution in [1.82, 2.24) is 19.9 Å². The minimum Gasteiger partial charge on any atom is -0.351 e. The Balaban J connectivity index is 1.62. The summed E-state index contributed by atoms with van der Waals surface area (Å²) in [7, 11) is 0. The molecular weight excluding hydrogens is 320 g/mol. The maximum absolute atomic E-state index is 12.1. The fourth-order valence-electron chi connectivity index (χ4n) is 2.44. The van der Waals surface area contributed by atoms with Gasteiger partial charge in [-0.3, -0.25) is 14.2 Å². The first-order valence-corrected chi connectivity index (χ1v) is 8.74.